The summed E-state index contributed by atoms with van der Waals surface area (Å²) in [4.78, 5) is 0. The van der Waals surface area contributed by atoms with E-state index in [1.54, 1.807) is 24.8 Å². The number of benzene rings is 1. The van der Waals surface area contributed by atoms with E-state index < -0.39 is 11.7 Å². The van der Waals surface area contributed by atoms with E-state index in [-0.39, 0.29) is 6.04 Å². The van der Waals surface area contributed by atoms with E-state index >= 15 is 0 Å². The molecule has 1 aromatic carbocycles. The molecule has 0 saturated heterocycles. The van der Waals surface area contributed by atoms with Crippen molar-refractivity contribution in [2.24, 2.45) is 0 Å². The van der Waals surface area contributed by atoms with Gasteiger partial charge in [0.15, 0.2) is 0 Å². The Bertz CT molecular complexity index is 377. The first-order valence-electron chi connectivity index (χ1n) is 5.24. The molecule has 0 aliphatic rings. The molecular formula is C12H16F3NS. The van der Waals surface area contributed by atoms with Gasteiger partial charge in [0.05, 0.1) is 5.56 Å². The summed E-state index contributed by atoms with van der Waals surface area (Å²) in [6, 6.07) is 4.01. The molecule has 1 rings (SSSR count). The predicted molar refractivity (Wildman–Crippen MR) is 66.4 cm³/mol. The van der Waals surface area contributed by atoms with Crippen LogP contribution in [0.4, 0.5) is 13.2 Å². The van der Waals surface area contributed by atoms with Crippen molar-refractivity contribution < 1.29 is 13.2 Å². The summed E-state index contributed by atoms with van der Waals surface area (Å²) in [5, 5.41) is 3.12. The Labute approximate surface area is 104 Å². The summed E-state index contributed by atoms with van der Waals surface area (Å²) in [6.45, 7) is 1.72. The number of halogens is 3. The quantitative estimate of drug-likeness (QED) is 0.890. The van der Waals surface area contributed by atoms with Crippen LogP contribution in [-0.2, 0) is 6.18 Å². The monoisotopic (exact) mass is 263 g/mol. The highest BCUT2D eigenvalue weighted by Gasteiger charge is 2.30. The minimum Gasteiger partial charge on any atom is -0.312 e. The van der Waals surface area contributed by atoms with Crippen molar-refractivity contribution in [1.29, 1.82) is 0 Å². The van der Waals surface area contributed by atoms with Crippen molar-refractivity contribution >= 4 is 11.8 Å². The molecule has 0 heterocycles. The molecule has 0 amide bonds. The Morgan fingerprint density at radius 1 is 1.35 bits per heavy atom. The topological polar surface area (TPSA) is 12.0 Å². The van der Waals surface area contributed by atoms with E-state index in [9.17, 15) is 13.2 Å². The van der Waals surface area contributed by atoms with Gasteiger partial charge in [0.2, 0.25) is 0 Å². The number of nitrogens with one attached hydrogen (secondary N) is 1. The molecular weight excluding hydrogens is 247 g/mol. The Kier molecular flexibility index (Phi) is 4.89. The number of hydrogen-bond donors (Lipinski definition) is 1. The van der Waals surface area contributed by atoms with Crippen molar-refractivity contribution in [1.82, 2.24) is 5.32 Å². The number of thioether (sulfide) groups is 1. The van der Waals surface area contributed by atoms with Crippen LogP contribution < -0.4 is 5.32 Å². The van der Waals surface area contributed by atoms with Crippen LogP contribution in [0.15, 0.2) is 18.2 Å². The third-order valence-corrected chi connectivity index (χ3v) is 3.32. The van der Waals surface area contributed by atoms with Crippen molar-refractivity contribution in [2.45, 2.75) is 19.1 Å². The molecule has 0 aliphatic carbocycles. The molecule has 96 valence electrons. The Hall–Kier alpha value is -0.680. The van der Waals surface area contributed by atoms with Gasteiger partial charge >= 0.3 is 6.18 Å². The molecule has 1 unspecified atom stereocenters. The largest absolute Gasteiger partial charge is 0.416 e. The summed E-state index contributed by atoms with van der Waals surface area (Å²) in [5.74, 6) is 0.836. The highest BCUT2D eigenvalue weighted by Crippen LogP contribution is 2.32. The van der Waals surface area contributed by atoms with Gasteiger partial charge in [0.1, 0.15) is 0 Å². The molecule has 1 nitrogen and oxygen atoms in total. The Balaban J connectivity index is 3.04. The zero-order valence-electron chi connectivity index (χ0n) is 10.1. The molecule has 0 spiro atoms. The van der Waals surface area contributed by atoms with Crippen LogP contribution in [0.2, 0.25) is 0 Å². The lowest BCUT2D eigenvalue weighted by atomic mass is 10.00. The Morgan fingerprint density at radius 3 is 2.41 bits per heavy atom. The number of rotatable bonds is 4. The molecule has 0 aliphatic heterocycles. The third kappa shape index (κ3) is 3.64. The fraction of sp³-hybridized carbons (Fsp3) is 0.500. The van der Waals surface area contributed by atoms with Crippen molar-refractivity contribution in [3.63, 3.8) is 0 Å². The highest BCUT2D eigenvalue weighted by molar-refractivity contribution is 7.98. The minimum absolute atomic E-state index is 0.0901. The first kappa shape index (κ1) is 14.4. The van der Waals surface area contributed by atoms with Crippen molar-refractivity contribution in [3.05, 3.63) is 34.9 Å². The van der Waals surface area contributed by atoms with Crippen LogP contribution in [0.1, 0.15) is 22.7 Å². The van der Waals surface area contributed by atoms with Gasteiger partial charge < -0.3 is 5.32 Å². The second-order valence-electron chi connectivity index (χ2n) is 3.87. The van der Waals surface area contributed by atoms with Crippen LogP contribution in [0.25, 0.3) is 0 Å². The first-order valence-corrected chi connectivity index (χ1v) is 6.63. The summed E-state index contributed by atoms with van der Waals surface area (Å²) < 4.78 is 37.5. The molecule has 0 radical (unpaired) electrons. The van der Waals surface area contributed by atoms with E-state index in [0.29, 0.717) is 5.56 Å². The molecule has 5 heteroatoms. The molecule has 0 bridgehead atoms. The minimum atomic E-state index is -4.27. The van der Waals surface area contributed by atoms with Gasteiger partial charge in [-0.05, 0) is 43.5 Å². The zero-order valence-corrected chi connectivity index (χ0v) is 10.9. The lowest BCUT2D eigenvalue weighted by Crippen LogP contribution is -2.20. The predicted octanol–water partition coefficient (Wildman–Crippen LogP) is 3.64. The molecule has 1 N–H and O–H groups in total. The first-order chi connectivity index (χ1) is 7.90. The van der Waals surface area contributed by atoms with Gasteiger partial charge in [-0.1, -0.05) is 6.07 Å². The fourth-order valence-corrected chi connectivity index (χ4v) is 2.42. The molecule has 1 atom stereocenters. The molecule has 0 aromatic heterocycles. The second-order valence-corrected chi connectivity index (χ2v) is 4.78. The average Bonchev–Trinajstić information content (AvgIpc) is 2.25. The number of alkyl halides is 3. The van der Waals surface area contributed by atoms with E-state index in [1.165, 1.54) is 6.07 Å². The molecule has 17 heavy (non-hydrogen) atoms. The SMILES string of the molecule is CNC(CSC)c1ccc(C(F)(F)F)cc1C. The van der Waals surface area contributed by atoms with Gasteiger partial charge in [0.25, 0.3) is 0 Å². The summed E-state index contributed by atoms with van der Waals surface area (Å²) in [6.07, 6.45) is -2.29. The fourth-order valence-electron chi connectivity index (χ4n) is 1.74. The average molecular weight is 263 g/mol. The molecule has 0 fully saturated rings. The van der Waals surface area contributed by atoms with Crippen LogP contribution in [0, 0.1) is 6.92 Å². The van der Waals surface area contributed by atoms with Crippen LogP contribution in [0.3, 0.4) is 0 Å². The number of aryl methyl sites for hydroxylation is 1. The van der Waals surface area contributed by atoms with Crippen LogP contribution >= 0.6 is 11.8 Å². The van der Waals surface area contributed by atoms with E-state index in [0.717, 1.165) is 17.4 Å². The Morgan fingerprint density at radius 2 is 2.00 bits per heavy atom. The summed E-state index contributed by atoms with van der Waals surface area (Å²) >= 11 is 1.66. The molecule has 1 aromatic rings. The maximum absolute atomic E-state index is 12.5. The smallest absolute Gasteiger partial charge is 0.312 e. The maximum atomic E-state index is 12.5. The zero-order chi connectivity index (χ0) is 13.1. The second kappa shape index (κ2) is 5.78. The number of hydrogen-bond acceptors (Lipinski definition) is 2. The third-order valence-electron chi connectivity index (χ3n) is 2.65. The van der Waals surface area contributed by atoms with Crippen molar-refractivity contribution in [2.75, 3.05) is 19.1 Å². The normalized spacial score (nSPS) is 13.8. The van der Waals surface area contributed by atoms with Gasteiger partial charge in [-0.3, -0.25) is 0 Å². The van der Waals surface area contributed by atoms with Gasteiger partial charge in [-0.2, -0.15) is 24.9 Å². The van der Waals surface area contributed by atoms with Gasteiger partial charge in [-0.15, -0.1) is 0 Å². The summed E-state index contributed by atoms with van der Waals surface area (Å²) in [5.41, 5.74) is 1.01. The highest BCUT2D eigenvalue weighted by atomic mass is 32.2. The van der Waals surface area contributed by atoms with Crippen LogP contribution in [0.5, 0.6) is 0 Å². The standard InChI is InChI=1S/C12H16F3NS/c1-8-6-9(12(13,14)15)4-5-10(8)11(16-2)7-17-3/h4-6,11,16H,7H2,1-3H3. The molecule has 0 saturated carbocycles. The van der Waals surface area contributed by atoms with Gasteiger partial charge in [-0.25, -0.2) is 0 Å². The van der Waals surface area contributed by atoms with E-state index in [1.807, 2.05) is 13.3 Å². The summed E-state index contributed by atoms with van der Waals surface area (Å²) in [7, 11) is 1.82. The van der Waals surface area contributed by atoms with Crippen molar-refractivity contribution in [3.8, 4) is 0 Å². The van der Waals surface area contributed by atoms with E-state index in [4.69, 9.17) is 0 Å². The maximum Gasteiger partial charge on any atom is 0.416 e. The van der Waals surface area contributed by atoms with Gasteiger partial charge in [0, 0.05) is 11.8 Å². The lowest BCUT2D eigenvalue weighted by Gasteiger charge is -2.19. The van der Waals surface area contributed by atoms with Crippen LogP contribution in [-0.4, -0.2) is 19.1 Å². The lowest BCUT2D eigenvalue weighted by molar-refractivity contribution is -0.137. The van der Waals surface area contributed by atoms with E-state index in [2.05, 4.69) is 5.32 Å².